The van der Waals surface area contributed by atoms with Crippen molar-refractivity contribution in [2.45, 2.75) is 13.8 Å². The molecule has 19 heavy (non-hydrogen) atoms. The van der Waals surface area contributed by atoms with E-state index in [1.807, 2.05) is 0 Å². The molecule has 0 aliphatic rings. The molecule has 98 valence electrons. The van der Waals surface area contributed by atoms with Gasteiger partial charge in [-0.25, -0.2) is 0 Å². The molecule has 1 nitrogen and oxygen atoms in total. The van der Waals surface area contributed by atoms with Crippen LogP contribution in [0.4, 0.5) is 0 Å². The van der Waals surface area contributed by atoms with Gasteiger partial charge in [0, 0.05) is 6.54 Å². The molecule has 0 unspecified atom stereocenters. The van der Waals surface area contributed by atoms with Gasteiger partial charge in [0.25, 0.3) is 0 Å². The summed E-state index contributed by atoms with van der Waals surface area (Å²) in [7, 11) is 0. The zero-order valence-electron chi connectivity index (χ0n) is 11.7. The van der Waals surface area contributed by atoms with Crippen LogP contribution < -0.4 is 5.32 Å². The average Bonchev–Trinajstić information content (AvgIpc) is 2.48. The molecule has 0 bridgehead atoms. The van der Waals surface area contributed by atoms with Gasteiger partial charge in [-0.05, 0) is 35.7 Å². The summed E-state index contributed by atoms with van der Waals surface area (Å²) in [6.07, 6.45) is 2.26. The van der Waals surface area contributed by atoms with Crippen molar-refractivity contribution in [1.29, 1.82) is 0 Å². The zero-order chi connectivity index (χ0) is 13.5. The Balaban J connectivity index is 2.34. The highest BCUT2D eigenvalue weighted by Gasteiger charge is 2.05. The maximum atomic E-state index is 3.33. The Kier molecular flexibility index (Phi) is 4.93. The van der Waals surface area contributed by atoms with Crippen molar-refractivity contribution in [3.05, 3.63) is 66.2 Å². The molecule has 2 rings (SSSR count). The minimum Gasteiger partial charge on any atom is -0.314 e. The monoisotopic (exact) mass is 251 g/mol. The largest absolute Gasteiger partial charge is 0.314 e. The third kappa shape index (κ3) is 3.55. The number of nitrogens with one attached hydrogen (secondary N) is 1. The zero-order valence-corrected chi connectivity index (χ0v) is 11.7. The average molecular weight is 251 g/mol. The smallest absolute Gasteiger partial charge is 0.0140 e. The van der Waals surface area contributed by atoms with Gasteiger partial charge in [-0.1, -0.05) is 67.6 Å². The lowest BCUT2D eigenvalue weighted by Gasteiger charge is -2.10. The van der Waals surface area contributed by atoms with E-state index in [2.05, 4.69) is 79.8 Å². The summed E-state index contributed by atoms with van der Waals surface area (Å²) < 4.78 is 0. The van der Waals surface area contributed by atoms with E-state index in [9.17, 15) is 0 Å². The topological polar surface area (TPSA) is 12.0 Å². The van der Waals surface area contributed by atoms with Crippen LogP contribution in [0.15, 0.2) is 60.7 Å². The summed E-state index contributed by atoms with van der Waals surface area (Å²) in [6.45, 7) is 6.23. The molecule has 1 N–H and O–H groups in total. The Bertz CT molecular complexity index is 541. The minimum absolute atomic E-state index is 0.922. The molecule has 2 aromatic carbocycles. The van der Waals surface area contributed by atoms with Crippen LogP contribution in [0.2, 0.25) is 0 Å². The van der Waals surface area contributed by atoms with E-state index >= 15 is 0 Å². The second-order valence-corrected chi connectivity index (χ2v) is 4.61. The Hall–Kier alpha value is -1.86. The highest BCUT2D eigenvalue weighted by atomic mass is 14.8. The highest BCUT2D eigenvalue weighted by molar-refractivity contribution is 5.80. The van der Waals surface area contributed by atoms with Gasteiger partial charge in [-0.3, -0.25) is 0 Å². The molecule has 0 saturated heterocycles. The van der Waals surface area contributed by atoms with E-state index in [-0.39, 0.29) is 0 Å². The lowest BCUT2D eigenvalue weighted by Crippen LogP contribution is -2.12. The molecule has 0 aromatic heterocycles. The van der Waals surface area contributed by atoms with Gasteiger partial charge in [0.15, 0.2) is 0 Å². The van der Waals surface area contributed by atoms with Gasteiger partial charge in [0.1, 0.15) is 0 Å². The van der Waals surface area contributed by atoms with E-state index in [0.717, 1.165) is 13.1 Å². The number of hydrogen-bond acceptors (Lipinski definition) is 1. The molecule has 0 heterocycles. The van der Waals surface area contributed by atoms with Crippen molar-refractivity contribution in [2.75, 3.05) is 13.1 Å². The Morgan fingerprint density at radius 3 is 2.42 bits per heavy atom. The molecule has 0 spiro atoms. The summed E-state index contributed by atoms with van der Waals surface area (Å²) in [4.78, 5) is 0. The van der Waals surface area contributed by atoms with Crippen LogP contribution in [-0.4, -0.2) is 13.1 Å². The summed E-state index contributed by atoms with van der Waals surface area (Å²) in [5, 5.41) is 3.33. The maximum Gasteiger partial charge on any atom is 0.0140 e. The normalized spacial score (nSPS) is 11.6. The molecule has 0 saturated carbocycles. The second kappa shape index (κ2) is 6.91. The predicted molar refractivity (Wildman–Crippen MR) is 84.1 cm³/mol. The fraction of sp³-hybridized carbons (Fsp3) is 0.222. The maximum absolute atomic E-state index is 3.33. The van der Waals surface area contributed by atoms with Crippen molar-refractivity contribution in [1.82, 2.24) is 5.32 Å². The van der Waals surface area contributed by atoms with E-state index in [4.69, 9.17) is 0 Å². The summed E-state index contributed by atoms with van der Waals surface area (Å²) >= 11 is 0. The second-order valence-electron chi connectivity index (χ2n) is 4.61. The quantitative estimate of drug-likeness (QED) is 0.778. The molecule has 0 atom stereocenters. The molecular formula is C18H21N. The third-order valence-corrected chi connectivity index (χ3v) is 3.24. The first-order valence-corrected chi connectivity index (χ1v) is 6.85. The van der Waals surface area contributed by atoms with Crippen molar-refractivity contribution in [2.24, 2.45) is 0 Å². The van der Waals surface area contributed by atoms with Gasteiger partial charge < -0.3 is 5.32 Å². The summed E-state index contributed by atoms with van der Waals surface area (Å²) in [5.41, 5.74) is 5.20. The molecule has 0 fully saturated rings. The number of rotatable bonds is 5. The van der Waals surface area contributed by atoms with E-state index in [0.29, 0.717) is 0 Å². The molecule has 0 aliphatic carbocycles. The summed E-state index contributed by atoms with van der Waals surface area (Å²) in [5.74, 6) is 0. The van der Waals surface area contributed by atoms with Crippen molar-refractivity contribution < 1.29 is 0 Å². The molecule has 0 amide bonds. The minimum atomic E-state index is 0.922. The standard InChI is InChI=1S/C18H21N/c1-3-19-14-13-15(2)17-11-7-8-12-18(17)16-9-5-4-6-10-16/h4-13,19H,3,14H2,1-2H3. The number of hydrogen-bond donors (Lipinski definition) is 1. The number of benzene rings is 2. The van der Waals surface area contributed by atoms with Crippen LogP contribution in [-0.2, 0) is 0 Å². The fourth-order valence-electron chi connectivity index (χ4n) is 2.18. The SMILES string of the molecule is CCNCC=C(C)c1ccccc1-c1ccccc1. The van der Waals surface area contributed by atoms with Gasteiger partial charge >= 0.3 is 0 Å². The van der Waals surface area contributed by atoms with Crippen molar-refractivity contribution in [3.63, 3.8) is 0 Å². The Morgan fingerprint density at radius 2 is 1.68 bits per heavy atom. The number of allylic oxidation sites excluding steroid dienone is 1. The van der Waals surface area contributed by atoms with Crippen LogP contribution in [0.1, 0.15) is 19.4 Å². The third-order valence-electron chi connectivity index (χ3n) is 3.24. The Morgan fingerprint density at radius 1 is 1.00 bits per heavy atom. The Labute approximate surface area is 116 Å². The van der Waals surface area contributed by atoms with Gasteiger partial charge in [0.2, 0.25) is 0 Å². The molecule has 2 aromatic rings. The number of likely N-dealkylation sites (N-methyl/N-ethyl adjacent to an activating group) is 1. The van der Waals surface area contributed by atoms with Gasteiger partial charge in [0.05, 0.1) is 0 Å². The summed E-state index contributed by atoms with van der Waals surface area (Å²) in [6, 6.07) is 19.1. The van der Waals surface area contributed by atoms with E-state index in [1.165, 1.54) is 22.3 Å². The predicted octanol–water partition coefficient (Wildman–Crippen LogP) is 4.37. The molecule has 0 aliphatic heterocycles. The van der Waals surface area contributed by atoms with Crippen LogP contribution in [0.3, 0.4) is 0 Å². The first-order valence-electron chi connectivity index (χ1n) is 6.85. The van der Waals surface area contributed by atoms with Crippen LogP contribution in [0, 0.1) is 0 Å². The first-order chi connectivity index (χ1) is 9.33. The van der Waals surface area contributed by atoms with Gasteiger partial charge in [-0.15, -0.1) is 0 Å². The lowest BCUT2D eigenvalue weighted by atomic mass is 9.95. The van der Waals surface area contributed by atoms with Crippen LogP contribution >= 0.6 is 0 Å². The molecule has 1 heteroatoms. The van der Waals surface area contributed by atoms with E-state index in [1.54, 1.807) is 0 Å². The van der Waals surface area contributed by atoms with Gasteiger partial charge in [-0.2, -0.15) is 0 Å². The van der Waals surface area contributed by atoms with Crippen LogP contribution in [0.25, 0.3) is 16.7 Å². The van der Waals surface area contributed by atoms with Crippen molar-refractivity contribution in [3.8, 4) is 11.1 Å². The fourth-order valence-corrected chi connectivity index (χ4v) is 2.18. The van der Waals surface area contributed by atoms with E-state index < -0.39 is 0 Å². The molecule has 0 radical (unpaired) electrons. The lowest BCUT2D eigenvalue weighted by molar-refractivity contribution is 0.800. The highest BCUT2D eigenvalue weighted by Crippen LogP contribution is 2.28. The first kappa shape index (κ1) is 13.6. The van der Waals surface area contributed by atoms with Crippen molar-refractivity contribution >= 4 is 5.57 Å². The molecular weight excluding hydrogens is 230 g/mol. The van der Waals surface area contributed by atoms with Crippen LogP contribution in [0.5, 0.6) is 0 Å².